The van der Waals surface area contributed by atoms with Crippen molar-refractivity contribution in [1.82, 2.24) is 19.6 Å². The van der Waals surface area contributed by atoms with Crippen LogP contribution >= 0.6 is 0 Å². The quantitative estimate of drug-likeness (QED) is 0.799. The van der Waals surface area contributed by atoms with Gasteiger partial charge in [0.15, 0.2) is 11.6 Å². The molecule has 0 aromatic carbocycles. The van der Waals surface area contributed by atoms with Gasteiger partial charge in [-0.3, -0.25) is 0 Å². The normalized spacial score (nSPS) is 22.4. The molecule has 0 bridgehead atoms. The topological polar surface area (TPSA) is 102 Å². The first-order chi connectivity index (χ1) is 11.9. The van der Waals surface area contributed by atoms with Crippen LogP contribution in [0.25, 0.3) is 0 Å². The second-order valence-corrected chi connectivity index (χ2v) is 8.92. The van der Waals surface area contributed by atoms with E-state index in [0.29, 0.717) is 42.8 Å². The zero-order chi connectivity index (χ0) is 17.6. The lowest BCUT2D eigenvalue weighted by Crippen LogP contribution is -2.40. The van der Waals surface area contributed by atoms with Crippen molar-refractivity contribution < 1.29 is 17.5 Å². The first-order valence-electron chi connectivity index (χ1n) is 8.70. The van der Waals surface area contributed by atoms with E-state index in [9.17, 15) is 8.42 Å². The SMILES string of the molecule is Cc1noc(C)c1S(=O)(=O)N1CCCC(Cc2nc(C3CC3)no2)C1. The van der Waals surface area contributed by atoms with Crippen LogP contribution in [-0.2, 0) is 16.4 Å². The van der Waals surface area contributed by atoms with Crippen molar-refractivity contribution >= 4 is 10.0 Å². The zero-order valence-electron chi connectivity index (χ0n) is 14.4. The Morgan fingerprint density at radius 1 is 1.16 bits per heavy atom. The fourth-order valence-corrected chi connectivity index (χ4v) is 5.33. The highest BCUT2D eigenvalue weighted by atomic mass is 32.2. The van der Waals surface area contributed by atoms with Gasteiger partial charge < -0.3 is 9.05 Å². The van der Waals surface area contributed by atoms with Crippen molar-refractivity contribution in [2.24, 2.45) is 5.92 Å². The van der Waals surface area contributed by atoms with Gasteiger partial charge in [-0.25, -0.2) is 8.42 Å². The molecular weight excluding hydrogens is 344 g/mol. The Morgan fingerprint density at radius 2 is 1.96 bits per heavy atom. The van der Waals surface area contributed by atoms with Gasteiger partial charge in [-0.15, -0.1) is 0 Å². The van der Waals surface area contributed by atoms with Crippen LogP contribution in [0.4, 0.5) is 0 Å². The van der Waals surface area contributed by atoms with E-state index < -0.39 is 10.0 Å². The van der Waals surface area contributed by atoms with Gasteiger partial charge in [0.25, 0.3) is 0 Å². The third kappa shape index (κ3) is 3.22. The molecule has 1 aliphatic carbocycles. The summed E-state index contributed by atoms with van der Waals surface area (Å²) in [4.78, 5) is 4.66. The third-order valence-electron chi connectivity index (χ3n) is 4.94. The molecule has 136 valence electrons. The molecule has 1 saturated heterocycles. The molecule has 0 N–H and O–H groups in total. The smallest absolute Gasteiger partial charge is 0.248 e. The summed E-state index contributed by atoms with van der Waals surface area (Å²) in [6.45, 7) is 4.25. The van der Waals surface area contributed by atoms with E-state index in [1.54, 1.807) is 13.8 Å². The summed E-state index contributed by atoms with van der Waals surface area (Å²) in [7, 11) is -3.59. The minimum Gasteiger partial charge on any atom is -0.360 e. The van der Waals surface area contributed by atoms with Crippen LogP contribution in [0, 0.1) is 19.8 Å². The Kier molecular flexibility index (Phi) is 4.15. The summed E-state index contributed by atoms with van der Waals surface area (Å²) < 4.78 is 37.8. The van der Waals surface area contributed by atoms with Gasteiger partial charge in [-0.2, -0.15) is 9.29 Å². The van der Waals surface area contributed by atoms with Crippen LogP contribution in [0.5, 0.6) is 0 Å². The molecule has 0 radical (unpaired) electrons. The molecular formula is C16H22N4O4S. The monoisotopic (exact) mass is 366 g/mol. The summed E-state index contributed by atoms with van der Waals surface area (Å²) in [5.41, 5.74) is 0.408. The Morgan fingerprint density at radius 3 is 2.64 bits per heavy atom. The molecule has 25 heavy (non-hydrogen) atoms. The van der Waals surface area contributed by atoms with Crippen molar-refractivity contribution in [3.63, 3.8) is 0 Å². The van der Waals surface area contributed by atoms with Crippen LogP contribution in [-0.4, -0.2) is 41.1 Å². The highest BCUT2D eigenvalue weighted by Gasteiger charge is 2.35. The van der Waals surface area contributed by atoms with E-state index in [4.69, 9.17) is 9.05 Å². The molecule has 2 fully saturated rings. The summed E-state index contributed by atoms with van der Waals surface area (Å²) in [6, 6.07) is 0. The van der Waals surface area contributed by atoms with Crippen molar-refractivity contribution in [1.29, 1.82) is 0 Å². The van der Waals surface area contributed by atoms with E-state index >= 15 is 0 Å². The van der Waals surface area contributed by atoms with Crippen LogP contribution in [0.15, 0.2) is 13.9 Å². The Hall–Kier alpha value is -1.74. The average molecular weight is 366 g/mol. The Bertz CT molecular complexity index is 849. The van der Waals surface area contributed by atoms with Crippen LogP contribution < -0.4 is 0 Å². The summed E-state index contributed by atoms with van der Waals surface area (Å²) in [6.07, 6.45) is 4.65. The maximum atomic E-state index is 13.0. The van der Waals surface area contributed by atoms with E-state index in [-0.39, 0.29) is 10.8 Å². The molecule has 0 amide bonds. The number of sulfonamides is 1. The van der Waals surface area contributed by atoms with Crippen molar-refractivity contribution in [3.05, 3.63) is 23.2 Å². The molecule has 2 aromatic rings. The molecule has 9 heteroatoms. The average Bonchev–Trinajstić information content (AvgIpc) is 3.23. The number of aromatic nitrogens is 3. The minimum atomic E-state index is -3.59. The lowest BCUT2D eigenvalue weighted by Gasteiger charge is -2.31. The van der Waals surface area contributed by atoms with Gasteiger partial charge in [0.1, 0.15) is 10.6 Å². The fourth-order valence-electron chi connectivity index (χ4n) is 3.49. The Balaban J connectivity index is 1.48. The van der Waals surface area contributed by atoms with Gasteiger partial charge in [-0.05, 0) is 45.4 Å². The molecule has 1 saturated carbocycles. The van der Waals surface area contributed by atoms with Crippen molar-refractivity contribution in [2.75, 3.05) is 13.1 Å². The van der Waals surface area contributed by atoms with Gasteiger partial charge >= 0.3 is 0 Å². The number of piperidine rings is 1. The van der Waals surface area contributed by atoms with Crippen molar-refractivity contribution in [2.45, 2.75) is 56.8 Å². The highest BCUT2D eigenvalue weighted by molar-refractivity contribution is 7.89. The van der Waals surface area contributed by atoms with Gasteiger partial charge in [-0.1, -0.05) is 10.3 Å². The molecule has 2 aliphatic rings. The summed E-state index contributed by atoms with van der Waals surface area (Å²) in [5, 5.41) is 7.81. The number of hydrogen-bond acceptors (Lipinski definition) is 7. The van der Waals surface area contributed by atoms with Crippen LogP contribution in [0.2, 0.25) is 0 Å². The van der Waals surface area contributed by atoms with E-state index in [1.807, 2.05) is 0 Å². The fraction of sp³-hybridized carbons (Fsp3) is 0.688. The lowest BCUT2D eigenvalue weighted by atomic mass is 9.96. The highest BCUT2D eigenvalue weighted by Crippen LogP contribution is 2.38. The molecule has 1 aliphatic heterocycles. The molecule has 0 spiro atoms. The predicted octanol–water partition coefficient (Wildman–Crippen LogP) is 2.20. The molecule has 3 heterocycles. The largest absolute Gasteiger partial charge is 0.360 e. The first kappa shape index (κ1) is 16.7. The lowest BCUT2D eigenvalue weighted by molar-refractivity contribution is 0.246. The summed E-state index contributed by atoms with van der Waals surface area (Å²) >= 11 is 0. The zero-order valence-corrected chi connectivity index (χ0v) is 15.3. The standard InChI is InChI=1S/C16H22N4O4S/c1-10-15(11(2)23-18-10)25(21,22)20-7-3-4-12(9-20)8-14-17-16(19-24-14)13-5-6-13/h12-13H,3-9H2,1-2H3. The van der Waals surface area contributed by atoms with Gasteiger partial charge in [0.05, 0.1) is 0 Å². The number of rotatable bonds is 5. The van der Waals surface area contributed by atoms with Crippen LogP contribution in [0.3, 0.4) is 0 Å². The predicted molar refractivity (Wildman–Crippen MR) is 87.4 cm³/mol. The van der Waals surface area contributed by atoms with Gasteiger partial charge in [0, 0.05) is 25.4 Å². The summed E-state index contributed by atoms with van der Waals surface area (Å²) in [5.74, 6) is 2.39. The minimum absolute atomic E-state index is 0.177. The molecule has 8 nitrogen and oxygen atoms in total. The number of hydrogen-bond donors (Lipinski definition) is 0. The van der Waals surface area contributed by atoms with E-state index in [2.05, 4.69) is 15.3 Å². The Labute approximate surface area is 146 Å². The second kappa shape index (κ2) is 6.21. The number of nitrogens with zero attached hydrogens (tertiary/aromatic N) is 4. The van der Waals surface area contributed by atoms with E-state index in [1.165, 1.54) is 4.31 Å². The van der Waals surface area contributed by atoms with Crippen LogP contribution in [0.1, 0.15) is 54.8 Å². The molecule has 4 rings (SSSR count). The maximum absolute atomic E-state index is 13.0. The third-order valence-corrected chi connectivity index (χ3v) is 7.05. The van der Waals surface area contributed by atoms with Gasteiger partial charge in [0.2, 0.25) is 15.9 Å². The second-order valence-electron chi connectivity index (χ2n) is 7.05. The number of aryl methyl sites for hydroxylation is 2. The molecule has 1 unspecified atom stereocenters. The molecule has 1 atom stereocenters. The van der Waals surface area contributed by atoms with Crippen molar-refractivity contribution in [3.8, 4) is 0 Å². The maximum Gasteiger partial charge on any atom is 0.248 e. The molecule has 2 aromatic heterocycles. The first-order valence-corrected chi connectivity index (χ1v) is 10.1. The van der Waals surface area contributed by atoms with E-state index in [0.717, 1.165) is 31.5 Å².